The third kappa shape index (κ3) is 17.1. The zero-order chi connectivity index (χ0) is 25.4. The van der Waals surface area contributed by atoms with E-state index in [-0.39, 0.29) is 11.7 Å². The third-order valence-corrected chi connectivity index (χ3v) is 5.41. The summed E-state index contributed by atoms with van der Waals surface area (Å²) >= 11 is 0. The van der Waals surface area contributed by atoms with Crippen LogP contribution in [0.5, 0.6) is 11.5 Å². The minimum atomic E-state index is 0.102. The molecule has 0 spiro atoms. The van der Waals surface area contributed by atoms with Crippen molar-refractivity contribution in [1.82, 2.24) is 5.32 Å². The Morgan fingerprint density at radius 3 is 2.06 bits per heavy atom. The van der Waals surface area contributed by atoms with Crippen molar-refractivity contribution in [3.8, 4) is 11.5 Å². The van der Waals surface area contributed by atoms with Gasteiger partial charge in [0.25, 0.3) is 0 Å². The first-order chi connectivity index (χ1) is 17.2. The van der Waals surface area contributed by atoms with Gasteiger partial charge < -0.3 is 15.2 Å². The molecule has 4 nitrogen and oxygen atoms in total. The van der Waals surface area contributed by atoms with E-state index in [0.717, 1.165) is 63.4 Å². The van der Waals surface area contributed by atoms with E-state index < -0.39 is 0 Å². The van der Waals surface area contributed by atoms with Crippen molar-refractivity contribution in [2.75, 3.05) is 13.7 Å². The quantitative estimate of drug-likeness (QED) is 0.157. The number of hydrogen-bond acceptors (Lipinski definition) is 3. The maximum absolute atomic E-state index is 12.0. The summed E-state index contributed by atoms with van der Waals surface area (Å²) in [5.74, 6) is 0.692. The number of unbranched alkanes of at least 4 members (excludes halogenated alkanes) is 3. The molecule has 0 fully saturated rings. The topological polar surface area (TPSA) is 58.6 Å². The molecule has 0 unspecified atom stereocenters. The first-order valence-electron chi connectivity index (χ1n) is 13.0. The zero-order valence-electron chi connectivity index (χ0n) is 21.8. The van der Waals surface area contributed by atoms with Crippen LogP contribution in [0.3, 0.4) is 0 Å². The van der Waals surface area contributed by atoms with E-state index in [1.807, 2.05) is 6.07 Å². The summed E-state index contributed by atoms with van der Waals surface area (Å²) in [7, 11) is 1.53. The van der Waals surface area contributed by atoms with Crippen LogP contribution in [0.25, 0.3) is 0 Å². The van der Waals surface area contributed by atoms with Gasteiger partial charge in [-0.15, -0.1) is 0 Å². The molecule has 35 heavy (non-hydrogen) atoms. The predicted molar refractivity (Wildman–Crippen MR) is 149 cm³/mol. The molecule has 0 saturated carbocycles. The fraction of sp³-hybridized carbons (Fsp3) is 0.452. The Balaban J connectivity index is 1.96. The minimum absolute atomic E-state index is 0.102. The van der Waals surface area contributed by atoms with Gasteiger partial charge in [0.2, 0.25) is 5.91 Å². The number of hydrogen-bond donors (Lipinski definition) is 2. The Kier molecular flexibility index (Phi) is 18.5. The van der Waals surface area contributed by atoms with Gasteiger partial charge in [-0.2, -0.15) is 0 Å². The molecule has 1 aromatic carbocycles. The van der Waals surface area contributed by atoms with Crippen LogP contribution in [-0.2, 0) is 11.2 Å². The average molecular weight is 480 g/mol. The van der Waals surface area contributed by atoms with Crippen LogP contribution in [0.15, 0.2) is 79.0 Å². The molecule has 0 radical (unpaired) electrons. The van der Waals surface area contributed by atoms with Crippen molar-refractivity contribution < 1.29 is 14.6 Å². The van der Waals surface area contributed by atoms with Crippen molar-refractivity contribution in [2.45, 2.75) is 77.6 Å². The highest BCUT2D eigenvalue weighted by Gasteiger charge is 2.04. The number of allylic oxidation sites excluding steroid dienone is 10. The highest BCUT2D eigenvalue weighted by Crippen LogP contribution is 2.26. The summed E-state index contributed by atoms with van der Waals surface area (Å²) in [4.78, 5) is 12.0. The largest absolute Gasteiger partial charge is 0.504 e. The van der Waals surface area contributed by atoms with Gasteiger partial charge >= 0.3 is 0 Å². The van der Waals surface area contributed by atoms with Crippen molar-refractivity contribution in [3.05, 3.63) is 84.5 Å². The van der Waals surface area contributed by atoms with Crippen LogP contribution in [0.1, 0.15) is 76.7 Å². The van der Waals surface area contributed by atoms with Gasteiger partial charge in [0, 0.05) is 13.0 Å². The molecule has 1 aromatic rings. The molecule has 4 heteroatoms. The minimum Gasteiger partial charge on any atom is -0.504 e. The number of rotatable bonds is 19. The standard InChI is InChI=1S/C31H45NO3/c1-3-4-5-6-7-8-9-10-11-12-13-14-15-16-17-18-19-20-21-22-31(34)32-26-25-28-23-24-29(33)30(27-28)35-2/h4-5,7-8,10-11,13-14,16-17,23-24,27,33H,3,6,9,12,15,18-22,25-26H2,1-2H3,(H,32,34)/b5-4-,8-7-,11-10-,14-13-,17-16-. The second-order valence-corrected chi connectivity index (χ2v) is 8.41. The monoisotopic (exact) mass is 479 g/mol. The van der Waals surface area contributed by atoms with E-state index in [9.17, 15) is 9.90 Å². The Labute approximate surface area is 213 Å². The molecule has 0 aliphatic rings. The van der Waals surface area contributed by atoms with Crippen molar-refractivity contribution in [2.24, 2.45) is 0 Å². The maximum atomic E-state index is 12.0. The molecule has 0 aliphatic heterocycles. The van der Waals surface area contributed by atoms with Crippen LogP contribution in [0.2, 0.25) is 0 Å². The lowest BCUT2D eigenvalue weighted by Crippen LogP contribution is -2.25. The number of phenolic OH excluding ortho intramolecular Hbond substituents is 1. The fourth-order valence-electron chi connectivity index (χ4n) is 3.41. The van der Waals surface area contributed by atoms with Gasteiger partial charge in [-0.25, -0.2) is 0 Å². The van der Waals surface area contributed by atoms with Crippen molar-refractivity contribution in [1.29, 1.82) is 0 Å². The molecule has 0 aromatic heterocycles. The molecular weight excluding hydrogens is 434 g/mol. The highest BCUT2D eigenvalue weighted by molar-refractivity contribution is 5.75. The number of methoxy groups -OCH3 is 1. The van der Waals surface area contributed by atoms with Crippen molar-refractivity contribution in [3.63, 3.8) is 0 Å². The molecule has 0 atom stereocenters. The number of ether oxygens (including phenoxy) is 1. The lowest BCUT2D eigenvalue weighted by molar-refractivity contribution is -0.121. The highest BCUT2D eigenvalue weighted by atomic mass is 16.5. The van der Waals surface area contributed by atoms with Crippen LogP contribution >= 0.6 is 0 Å². The molecule has 0 heterocycles. The van der Waals surface area contributed by atoms with Gasteiger partial charge in [0.05, 0.1) is 7.11 Å². The molecule has 192 valence electrons. The normalized spacial score (nSPS) is 12.2. The van der Waals surface area contributed by atoms with Crippen LogP contribution < -0.4 is 10.1 Å². The smallest absolute Gasteiger partial charge is 0.220 e. The molecular formula is C31H45NO3. The van der Waals surface area contributed by atoms with Crippen molar-refractivity contribution >= 4 is 5.91 Å². The summed E-state index contributed by atoms with van der Waals surface area (Å²) in [6, 6.07) is 5.27. The van der Waals surface area contributed by atoms with Gasteiger partial charge in [-0.3, -0.25) is 4.79 Å². The molecule has 1 amide bonds. The lowest BCUT2D eigenvalue weighted by atomic mass is 10.1. The number of amides is 1. The molecule has 0 saturated heterocycles. The van der Waals surface area contributed by atoms with Crippen LogP contribution in [0.4, 0.5) is 0 Å². The first kappa shape index (κ1) is 30.0. The Morgan fingerprint density at radius 2 is 1.46 bits per heavy atom. The molecule has 0 aliphatic carbocycles. The molecule has 0 bridgehead atoms. The number of phenols is 1. The van der Waals surface area contributed by atoms with Crippen LogP contribution in [0, 0.1) is 0 Å². The van der Waals surface area contributed by atoms with E-state index in [2.05, 4.69) is 73.0 Å². The Bertz CT molecular complexity index is 834. The van der Waals surface area contributed by atoms with E-state index >= 15 is 0 Å². The second kappa shape index (κ2) is 21.5. The number of aromatic hydroxyl groups is 1. The maximum Gasteiger partial charge on any atom is 0.220 e. The van der Waals surface area contributed by atoms with Gasteiger partial charge in [0.15, 0.2) is 11.5 Å². The summed E-state index contributed by atoms with van der Waals surface area (Å²) in [5.41, 5.74) is 1.03. The Hall–Kier alpha value is -3.01. The summed E-state index contributed by atoms with van der Waals surface area (Å²) in [6.07, 6.45) is 32.7. The van der Waals surface area contributed by atoms with Gasteiger partial charge in [-0.1, -0.05) is 80.2 Å². The Morgan fingerprint density at radius 1 is 0.857 bits per heavy atom. The zero-order valence-corrected chi connectivity index (χ0v) is 21.8. The lowest BCUT2D eigenvalue weighted by Gasteiger charge is -2.08. The first-order valence-corrected chi connectivity index (χ1v) is 13.0. The number of carbonyl (C=O) groups excluding carboxylic acids is 1. The molecule has 2 N–H and O–H groups in total. The van der Waals surface area contributed by atoms with E-state index in [0.29, 0.717) is 25.1 Å². The van der Waals surface area contributed by atoms with Gasteiger partial charge in [0.1, 0.15) is 0 Å². The van der Waals surface area contributed by atoms with E-state index in [4.69, 9.17) is 4.74 Å². The van der Waals surface area contributed by atoms with Gasteiger partial charge in [-0.05, 0) is 75.5 Å². The van der Waals surface area contributed by atoms with Crippen LogP contribution in [-0.4, -0.2) is 24.7 Å². The predicted octanol–water partition coefficient (Wildman–Crippen LogP) is 7.76. The second-order valence-electron chi connectivity index (χ2n) is 8.41. The number of carbonyl (C=O) groups is 1. The molecule has 1 rings (SSSR count). The van der Waals surface area contributed by atoms with E-state index in [1.165, 1.54) is 7.11 Å². The van der Waals surface area contributed by atoms with E-state index in [1.54, 1.807) is 12.1 Å². The summed E-state index contributed by atoms with van der Waals surface area (Å²) in [5, 5.41) is 12.6. The summed E-state index contributed by atoms with van der Waals surface area (Å²) in [6.45, 7) is 2.74. The summed E-state index contributed by atoms with van der Waals surface area (Å²) < 4.78 is 5.11. The SMILES string of the molecule is CC/C=C\C/C=C\C/C=C\C/C=C\C/C=C\CCCCCC(=O)NCCc1ccc(O)c(OC)c1. The third-order valence-electron chi connectivity index (χ3n) is 5.41. The fourth-order valence-corrected chi connectivity index (χ4v) is 3.41. The number of nitrogens with one attached hydrogen (secondary N) is 1. The number of benzene rings is 1. The average Bonchev–Trinajstić information content (AvgIpc) is 2.86.